The van der Waals surface area contributed by atoms with E-state index in [1.165, 1.54) is 52.3 Å². The summed E-state index contributed by atoms with van der Waals surface area (Å²) in [5, 5.41) is 21.9. The number of methoxy groups -OCH3 is 1. The number of benzene rings is 2. The maximum atomic E-state index is 15.1. The molecule has 0 saturated carbocycles. The Kier molecular flexibility index (Phi) is 7.70. The van der Waals surface area contributed by atoms with Crippen LogP contribution in [0.2, 0.25) is 0 Å². The van der Waals surface area contributed by atoms with Crippen molar-refractivity contribution in [1.82, 2.24) is 9.88 Å². The molecule has 2 fully saturated rings. The minimum Gasteiger partial charge on any atom is -0.550 e. The Labute approximate surface area is 239 Å². The fourth-order valence-electron chi connectivity index (χ4n) is 6.85. The first-order chi connectivity index (χ1) is 19.8. The smallest absolute Gasteiger partial charge is 0.213 e. The number of fused-ring (bicyclic) bond motifs is 3. The Morgan fingerprint density at radius 2 is 1.90 bits per heavy atom. The Morgan fingerprint density at radius 1 is 1.12 bits per heavy atom. The number of rotatable bonds is 8. The van der Waals surface area contributed by atoms with E-state index in [0.717, 1.165) is 41.6 Å². The number of aliphatic hydroxyl groups excluding tert-OH is 1. The van der Waals surface area contributed by atoms with Gasteiger partial charge in [-0.25, -0.2) is 9.37 Å². The number of halogens is 1. The first-order valence-corrected chi connectivity index (χ1v) is 14.6. The largest absolute Gasteiger partial charge is 0.550 e. The summed E-state index contributed by atoms with van der Waals surface area (Å²) in [6, 6.07) is 14.3. The van der Waals surface area contributed by atoms with Crippen LogP contribution in [0.3, 0.4) is 0 Å². The maximum absolute atomic E-state index is 15.1. The Bertz CT molecular complexity index is 1430. The highest BCUT2D eigenvalue weighted by molar-refractivity contribution is 5.70. The maximum Gasteiger partial charge on any atom is 0.213 e. The molecule has 2 aromatic carbocycles. The van der Waals surface area contributed by atoms with Crippen molar-refractivity contribution in [3.63, 3.8) is 0 Å². The number of hydrogen-bond donors (Lipinski definition) is 1. The van der Waals surface area contributed by atoms with Gasteiger partial charge in [0.25, 0.3) is 0 Å². The van der Waals surface area contributed by atoms with Gasteiger partial charge in [0.1, 0.15) is 17.7 Å². The Morgan fingerprint density at radius 3 is 2.63 bits per heavy atom. The minimum absolute atomic E-state index is 0.226. The van der Waals surface area contributed by atoms with Crippen LogP contribution in [0.4, 0.5) is 4.39 Å². The van der Waals surface area contributed by atoms with Crippen LogP contribution in [0.1, 0.15) is 79.9 Å². The Balaban J connectivity index is 1.33. The lowest BCUT2D eigenvalue weighted by Gasteiger charge is -2.35. The van der Waals surface area contributed by atoms with E-state index in [2.05, 4.69) is 16.0 Å². The second-order valence-electron chi connectivity index (χ2n) is 11.7. The summed E-state index contributed by atoms with van der Waals surface area (Å²) in [6.07, 6.45) is 7.46. The van der Waals surface area contributed by atoms with Gasteiger partial charge in [-0.3, -0.25) is 4.90 Å². The third kappa shape index (κ3) is 5.43. The normalized spacial score (nSPS) is 23.4. The second kappa shape index (κ2) is 11.4. The molecule has 3 aliphatic rings. The summed E-state index contributed by atoms with van der Waals surface area (Å²) >= 11 is 0. The molecular formula is C33H36FN2O5-. The van der Waals surface area contributed by atoms with Crippen molar-refractivity contribution in [2.75, 3.05) is 7.11 Å². The van der Waals surface area contributed by atoms with Crippen molar-refractivity contribution in [2.24, 2.45) is 5.92 Å². The summed E-state index contributed by atoms with van der Waals surface area (Å²) in [5.41, 5.74) is 4.86. The summed E-state index contributed by atoms with van der Waals surface area (Å²) in [7, 11) is 1.53. The highest BCUT2D eigenvalue weighted by Crippen LogP contribution is 2.41. The van der Waals surface area contributed by atoms with Crippen molar-refractivity contribution in [3.8, 4) is 22.8 Å². The number of ether oxygens (including phenoxy) is 2. The van der Waals surface area contributed by atoms with E-state index >= 15 is 4.39 Å². The molecule has 41 heavy (non-hydrogen) atoms. The van der Waals surface area contributed by atoms with Crippen molar-refractivity contribution < 1.29 is 28.9 Å². The van der Waals surface area contributed by atoms with Gasteiger partial charge in [0.15, 0.2) is 0 Å². The van der Waals surface area contributed by atoms with Crippen LogP contribution >= 0.6 is 0 Å². The van der Waals surface area contributed by atoms with Crippen LogP contribution in [-0.4, -0.2) is 40.2 Å². The zero-order chi connectivity index (χ0) is 28.7. The number of piperidine rings is 1. The topological polar surface area (TPSA) is 95.0 Å². The van der Waals surface area contributed by atoms with Crippen LogP contribution < -0.4 is 14.6 Å². The average molecular weight is 560 g/mol. The third-order valence-electron chi connectivity index (χ3n) is 9.25. The molecule has 6 rings (SSSR count). The van der Waals surface area contributed by atoms with Gasteiger partial charge in [-0.05, 0) is 72.4 Å². The molecule has 5 atom stereocenters. The quantitative estimate of drug-likeness (QED) is 0.420. The number of nitrogens with zero attached hydrogens (tertiary/aromatic N) is 2. The van der Waals surface area contributed by atoms with Crippen molar-refractivity contribution in [1.29, 1.82) is 0 Å². The first kappa shape index (κ1) is 27.7. The van der Waals surface area contributed by atoms with E-state index in [-0.39, 0.29) is 11.9 Å². The SMILES string of the molecule is COc1cc(-c2ccc(C3CCc4ccc([C@H](O)[C@H](C)C(=O)[O-])cc4O3)cc2CN2C3CCCC2CC3)c(F)cn1. The van der Waals surface area contributed by atoms with Gasteiger partial charge in [-0.2, -0.15) is 0 Å². The zero-order valence-electron chi connectivity index (χ0n) is 23.5. The van der Waals surface area contributed by atoms with Crippen LogP contribution in [-0.2, 0) is 17.8 Å². The van der Waals surface area contributed by atoms with E-state index in [9.17, 15) is 15.0 Å². The average Bonchev–Trinajstić information content (AvgIpc) is 3.19. The monoisotopic (exact) mass is 559 g/mol. The van der Waals surface area contributed by atoms with E-state index < -0.39 is 18.0 Å². The number of carbonyl (C=O) groups is 1. The van der Waals surface area contributed by atoms with Crippen LogP contribution in [0.15, 0.2) is 48.7 Å². The number of carboxylic acids is 1. The van der Waals surface area contributed by atoms with E-state index in [1.807, 2.05) is 18.2 Å². The van der Waals surface area contributed by atoms with Gasteiger partial charge in [-0.15, -0.1) is 0 Å². The number of aryl methyl sites for hydroxylation is 1. The highest BCUT2D eigenvalue weighted by Gasteiger charge is 2.37. The molecule has 1 aromatic heterocycles. The van der Waals surface area contributed by atoms with Crippen LogP contribution in [0, 0.1) is 11.7 Å². The lowest BCUT2D eigenvalue weighted by atomic mass is 9.90. The van der Waals surface area contributed by atoms with E-state index in [0.29, 0.717) is 34.8 Å². The number of pyridine rings is 1. The zero-order valence-corrected chi connectivity index (χ0v) is 23.5. The minimum atomic E-state index is -1.30. The molecule has 2 saturated heterocycles. The number of aliphatic carboxylic acids is 1. The van der Waals surface area contributed by atoms with E-state index in [1.54, 1.807) is 18.2 Å². The summed E-state index contributed by atoms with van der Waals surface area (Å²) in [5.74, 6) is -1.71. The number of carbonyl (C=O) groups excluding carboxylic acids is 1. The van der Waals surface area contributed by atoms with Gasteiger partial charge >= 0.3 is 0 Å². The lowest BCUT2D eigenvalue weighted by molar-refractivity contribution is -0.313. The molecule has 0 spiro atoms. The molecule has 3 unspecified atom stereocenters. The Hall–Kier alpha value is -3.49. The number of carboxylic acid groups (broad SMARTS) is 1. The highest BCUT2D eigenvalue weighted by atomic mass is 19.1. The molecule has 7 nitrogen and oxygen atoms in total. The summed E-state index contributed by atoms with van der Waals surface area (Å²) in [6.45, 7) is 2.17. The van der Waals surface area contributed by atoms with Gasteiger partial charge in [0.2, 0.25) is 5.88 Å². The van der Waals surface area contributed by atoms with Crippen LogP contribution in [0.25, 0.3) is 11.1 Å². The van der Waals surface area contributed by atoms with Gasteiger partial charge in [0.05, 0.1) is 19.4 Å². The molecule has 0 aliphatic carbocycles. The number of hydrogen-bond acceptors (Lipinski definition) is 7. The molecule has 3 aromatic rings. The first-order valence-electron chi connectivity index (χ1n) is 14.6. The van der Waals surface area contributed by atoms with Crippen molar-refractivity contribution in [2.45, 2.75) is 82.7 Å². The molecular weight excluding hydrogens is 523 g/mol. The van der Waals surface area contributed by atoms with Gasteiger partial charge < -0.3 is 24.5 Å². The van der Waals surface area contributed by atoms with Crippen LogP contribution in [0.5, 0.6) is 11.6 Å². The van der Waals surface area contributed by atoms with Gasteiger partial charge in [0, 0.05) is 42.1 Å². The van der Waals surface area contributed by atoms with Crippen molar-refractivity contribution in [3.05, 3.63) is 76.7 Å². The predicted octanol–water partition coefficient (Wildman–Crippen LogP) is 4.90. The fourth-order valence-corrected chi connectivity index (χ4v) is 6.85. The molecule has 216 valence electrons. The molecule has 0 amide bonds. The standard InChI is InChI=1S/C33H37FN2O5/c1-19(33(38)39)32(37)22-7-6-20-9-13-29(41-30(20)15-22)21-8-12-26(27-16-31(40-2)35-17-28(27)34)23(14-21)18-36-24-4-3-5-25(36)11-10-24/h6-8,12,14-17,19,24-25,29,32,37H,3-5,9-11,13,18H2,1-2H3,(H,38,39)/p-1/t19-,24?,25?,29?,32+/m0/s1. The molecule has 2 bridgehead atoms. The third-order valence-corrected chi connectivity index (χ3v) is 9.25. The van der Waals surface area contributed by atoms with Gasteiger partial charge in [-0.1, -0.05) is 43.7 Å². The van der Waals surface area contributed by atoms with Crippen molar-refractivity contribution >= 4 is 5.97 Å². The molecule has 8 heteroatoms. The number of aromatic nitrogens is 1. The fraction of sp³-hybridized carbons (Fsp3) is 0.455. The molecule has 0 radical (unpaired) electrons. The molecule has 3 aliphatic heterocycles. The predicted molar refractivity (Wildman–Crippen MR) is 150 cm³/mol. The lowest BCUT2D eigenvalue weighted by Crippen LogP contribution is -2.39. The summed E-state index contributed by atoms with van der Waals surface area (Å²) in [4.78, 5) is 17.9. The van der Waals surface area contributed by atoms with E-state index in [4.69, 9.17) is 9.47 Å². The molecule has 1 N–H and O–H groups in total. The molecule has 4 heterocycles. The number of aliphatic hydroxyl groups is 1. The second-order valence-corrected chi connectivity index (χ2v) is 11.7. The summed E-state index contributed by atoms with van der Waals surface area (Å²) < 4.78 is 26.9.